The normalized spacial score (nSPS) is 14.3. The highest BCUT2D eigenvalue weighted by molar-refractivity contribution is 5.93. The SMILES string of the molecule is CCCCCNC(=O)C(Cc1ccc(OCC(=O)O)c(C(=O)O)c1)NC(=O)C(Cc1ccccc1)N1CCCC1=O. The van der Waals surface area contributed by atoms with Crippen LogP contribution in [0.2, 0.25) is 0 Å². The van der Waals surface area contributed by atoms with Gasteiger partial charge < -0.3 is 30.5 Å². The topological polar surface area (TPSA) is 162 Å². The fourth-order valence-corrected chi connectivity index (χ4v) is 4.74. The van der Waals surface area contributed by atoms with Crippen LogP contribution < -0.4 is 15.4 Å². The van der Waals surface area contributed by atoms with E-state index in [1.807, 2.05) is 37.3 Å². The summed E-state index contributed by atoms with van der Waals surface area (Å²) in [5, 5.41) is 24.2. The second-order valence-corrected chi connectivity index (χ2v) is 9.98. The van der Waals surface area contributed by atoms with Crippen LogP contribution >= 0.6 is 0 Å². The van der Waals surface area contributed by atoms with Gasteiger partial charge in [-0.15, -0.1) is 0 Å². The van der Waals surface area contributed by atoms with E-state index >= 15 is 0 Å². The highest BCUT2D eigenvalue weighted by atomic mass is 16.5. The van der Waals surface area contributed by atoms with Gasteiger partial charge in [0.05, 0.1) is 0 Å². The van der Waals surface area contributed by atoms with E-state index in [-0.39, 0.29) is 30.1 Å². The predicted molar refractivity (Wildman–Crippen MR) is 150 cm³/mol. The molecule has 0 radical (unpaired) electrons. The number of likely N-dealkylation sites (tertiary alicyclic amines) is 1. The summed E-state index contributed by atoms with van der Waals surface area (Å²) in [5.41, 5.74) is 1.04. The number of benzene rings is 2. The number of carboxylic acids is 2. The molecule has 41 heavy (non-hydrogen) atoms. The molecule has 4 N–H and O–H groups in total. The number of nitrogens with zero attached hydrogens (tertiary/aromatic N) is 1. The lowest BCUT2D eigenvalue weighted by atomic mass is 10.00. The van der Waals surface area contributed by atoms with E-state index in [0.717, 1.165) is 24.8 Å². The largest absolute Gasteiger partial charge is 0.481 e. The molecule has 11 nitrogen and oxygen atoms in total. The summed E-state index contributed by atoms with van der Waals surface area (Å²) in [5.74, 6) is -3.73. The first kappa shape index (κ1) is 31.1. The van der Waals surface area contributed by atoms with E-state index in [2.05, 4.69) is 10.6 Å². The molecular formula is C30H37N3O8. The van der Waals surface area contributed by atoms with Crippen molar-refractivity contribution in [2.45, 2.75) is 64.0 Å². The summed E-state index contributed by atoms with van der Waals surface area (Å²) in [4.78, 5) is 63.8. The summed E-state index contributed by atoms with van der Waals surface area (Å²) in [6, 6.07) is 11.6. The lowest BCUT2D eigenvalue weighted by molar-refractivity contribution is -0.139. The van der Waals surface area contributed by atoms with Gasteiger partial charge in [-0.2, -0.15) is 0 Å². The Bertz CT molecular complexity index is 1230. The van der Waals surface area contributed by atoms with Crippen LogP contribution in [0.3, 0.4) is 0 Å². The molecule has 3 rings (SSSR count). The van der Waals surface area contributed by atoms with Crippen molar-refractivity contribution in [3.63, 3.8) is 0 Å². The number of carboxylic acid groups (broad SMARTS) is 2. The summed E-state index contributed by atoms with van der Waals surface area (Å²) < 4.78 is 5.10. The van der Waals surface area contributed by atoms with Gasteiger partial charge in [0.1, 0.15) is 23.4 Å². The predicted octanol–water partition coefficient (Wildman–Crippen LogP) is 2.42. The first-order valence-corrected chi connectivity index (χ1v) is 13.8. The molecule has 220 valence electrons. The number of carbonyl (C=O) groups excluding carboxylic acids is 3. The van der Waals surface area contributed by atoms with E-state index in [0.29, 0.717) is 31.5 Å². The maximum Gasteiger partial charge on any atom is 0.341 e. The van der Waals surface area contributed by atoms with Crippen LogP contribution in [-0.2, 0) is 32.0 Å². The van der Waals surface area contributed by atoms with Crippen LogP contribution in [-0.4, -0.2) is 76.6 Å². The van der Waals surface area contributed by atoms with Gasteiger partial charge in [-0.1, -0.05) is 56.2 Å². The zero-order chi connectivity index (χ0) is 29.8. The minimum Gasteiger partial charge on any atom is -0.481 e. The van der Waals surface area contributed by atoms with Crippen molar-refractivity contribution >= 4 is 29.7 Å². The lowest BCUT2D eigenvalue weighted by Crippen LogP contribution is -2.55. The van der Waals surface area contributed by atoms with Crippen molar-refractivity contribution in [2.75, 3.05) is 19.7 Å². The van der Waals surface area contributed by atoms with Gasteiger partial charge in [0.25, 0.3) is 0 Å². The van der Waals surface area contributed by atoms with Gasteiger partial charge in [-0.05, 0) is 36.1 Å². The molecule has 1 heterocycles. The Morgan fingerprint density at radius 2 is 1.73 bits per heavy atom. The number of carbonyl (C=O) groups is 5. The van der Waals surface area contributed by atoms with Gasteiger partial charge in [0.15, 0.2) is 6.61 Å². The lowest BCUT2D eigenvalue weighted by Gasteiger charge is -2.29. The number of aliphatic carboxylic acids is 1. The molecule has 1 aliphatic rings. The Hall–Kier alpha value is -4.41. The van der Waals surface area contributed by atoms with Crippen molar-refractivity contribution in [2.24, 2.45) is 0 Å². The third-order valence-electron chi connectivity index (χ3n) is 6.84. The summed E-state index contributed by atoms with van der Waals surface area (Å²) in [6.45, 7) is 2.19. The minimum atomic E-state index is -1.33. The smallest absolute Gasteiger partial charge is 0.341 e. The molecule has 1 fully saturated rings. The van der Waals surface area contributed by atoms with Crippen molar-refractivity contribution in [1.29, 1.82) is 0 Å². The molecular weight excluding hydrogens is 530 g/mol. The second-order valence-electron chi connectivity index (χ2n) is 9.98. The zero-order valence-corrected chi connectivity index (χ0v) is 23.1. The standard InChI is InChI=1S/C30H37N3O8/c1-2-3-7-14-31-28(37)23(17-21-12-13-25(41-19-27(35)36)22(16-21)30(39)40)32-29(38)24(33-15-8-11-26(33)34)18-20-9-5-4-6-10-20/h4-6,9-10,12-13,16,23-24H,2-3,7-8,11,14-15,17-19H2,1H3,(H,31,37)(H,32,38)(H,35,36)(H,39,40). The average molecular weight is 568 g/mol. The number of aromatic carboxylic acids is 1. The number of unbranched alkanes of at least 4 members (excludes halogenated alkanes) is 2. The molecule has 11 heteroatoms. The summed E-state index contributed by atoms with van der Waals surface area (Å²) >= 11 is 0. The number of ether oxygens (including phenoxy) is 1. The quantitative estimate of drug-likeness (QED) is 0.225. The van der Waals surface area contributed by atoms with Gasteiger partial charge >= 0.3 is 11.9 Å². The van der Waals surface area contributed by atoms with Crippen LogP contribution in [0, 0.1) is 0 Å². The monoisotopic (exact) mass is 567 g/mol. The van der Waals surface area contributed by atoms with E-state index in [1.165, 1.54) is 18.2 Å². The maximum atomic E-state index is 13.7. The van der Waals surface area contributed by atoms with Crippen LogP contribution in [0.1, 0.15) is 60.5 Å². The van der Waals surface area contributed by atoms with Gasteiger partial charge in [-0.3, -0.25) is 14.4 Å². The molecule has 1 saturated heterocycles. The summed E-state index contributed by atoms with van der Waals surface area (Å²) in [6.07, 6.45) is 3.91. The molecule has 1 aliphatic heterocycles. The highest BCUT2D eigenvalue weighted by Crippen LogP contribution is 2.22. The van der Waals surface area contributed by atoms with Crippen molar-refractivity contribution < 1.29 is 38.9 Å². The molecule has 2 unspecified atom stereocenters. The highest BCUT2D eigenvalue weighted by Gasteiger charge is 2.35. The minimum absolute atomic E-state index is 0.0309. The number of hydrogen-bond donors (Lipinski definition) is 4. The average Bonchev–Trinajstić information content (AvgIpc) is 3.38. The van der Waals surface area contributed by atoms with Crippen molar-refractivity contribution in [3.8, 4) is 5.75 Å². The van der Waals surface area contributed by atoms with E-state index < -0.39 is 42.4 Å². The maximum absolute atomic E-state index is 13.7. The van der Waals surface area contributed by atoms with Gasteiger partial charge in [0.2, 0.25) is 17.7 Å². The number of nitrogens with one attached hydrogen (secondary N) is 2. The number of rotatable bonds is 16. The molecule has 0 spiro atoms. The summed E-state index contributed by atoms with van der Waals surface area (Å²) in [7, 11) is 0. The molecule has 0 saturated carbocycles. The first-order chi connectivity index (χ1) is 19.7. The Labute approximate surface area is 238 Å². The Morgan fingerprint density at radius 3 is 2.37 bits per heavy atom. The molecule has 3 amide bonds. The second kappa shape index (κ2) is 15.4. The van der Waals surface area contributed by atoms with Crippen LogP contribution in [0.25, 0.3) is 0 Å². The molecule has 0 aliphatic carbocycles. The fourth-order valence-electron chi connectivity index (χ4n) is 4.74. The van der Waals surface area contributed by atoms with E-state index in [1.54, 1.807) is 4.90 Å². The van der Waals surface area contributed by atoms with E-state index in [9.17, 15) is 29.1 Å². The van der Waals surface area contributed by atoms with E-state index in [4.69, 9.17) is 9.84 Å². The van der Waals surface area contributed by atoms with Gasteiger partial charge in [-0.25, -0.2) is 9.59 Å². The molecule has 0 bridgehead atoms. The van der Waals surface area contributed by atoms with Crippen LogP contribution in [0.15, 0.2) is 48.5 Å². The fraction of sp³-hybridized carbons (Fsp3) is 0.433. The van der Waals surface area contributed by atoms with Crippen LogP contribution in [0.4, 0.5) is 0 Å². The Morgan fingerprint density at radius 1 is 0.976 bits per heavy atom. The van der Waals surface area contributed by atoms with Gasteiger partial charge in [0, 0.05) is 32.4 Å². The molecule has 2 atom stereocenters. The molecule has 2 aromatic carbocycles. The Kier molecular flexibility index (Phi) is 11.7. The van der Waals surface area contributed by atoms with Crippen molar-refractivity contribution in [3.05, 3.63) is 65.2 Å². The first-order valence-electron chi connectivity index (χ1n) is 13.8. The third-order valence-corrected chi connectivity index (χ3v) is 6.84. The number of amides is 3. The van der Waals surface area contributed by atoms with Crippen LogP contribution in [0.5, 0.6) is 5.75 Å². The van der Waals surface area contributed by atoms with Crippen molar-refractivity contribution in [1.82, 2.24) is 15.5 Å². The third kappa shape index (κ3) is 9.33. The Balaban J connectivity index is 1.85. The molecule has 2 aromatic rings. The number of hydrogen-bond acceptors (Lipinski definition) is 6. The molecule has 0 aromatic heterocycles. The zero-order valence-electron chi connectivity index (χ0n) is 23.1.